The van der Waals surface area contributed by atoms with Gasteiger partial charge in [-0.1, -0.05) is 0 Å². The van der Waals surface area contributed by atoms with Crippen molar-refractivity contribution in [3.8, 4) is 0 Å². The van der Waals surface area contributed by atoms with Gasteiger partial charge in [-0.15, -0.1) is 0 Å². The number of benzene rings is 2. The minimum Gasteiger partial charge on any atom is -0.408 e. The summed E-state index contributed by atoms with van der Waals surface area (Å²) in [7, 11) is -3.72. The molecule has 136 valence electrons. The fraction of sp³-hybridized carbons (Fsp3) is 0.200. The first-order valence-corrected chi connectivity index (χ1v) is 9.67. The van der Waals surface area contributed by atoms with Crippen LogP contribution in [0.25, 0.3) is 0 Å². The van der Waals surface area contributed by atoms with Crippen LogP contribution in [0, 0.1) is 46.5 Å². The molecule has 0 spiro atoms. The van der Waals surface area contributed by atoms with E-state index in [4.69, 9.17) is 4.43 Å². The second-order valence-electron chi connectivity index (χ2n) is 5.62. The van der Waals surface area contributed by atoms with Gasteiger partial charge in [0.05, 0.1) is 6.61 Å². The third-order valence-electron chi connectivity index (χ3n) is 3.46. The molecule has 0 aromatic heterocycles. The molecular weight excluding hydrogens is 376 g/mol. The van der Waals surface area contributed by atoms with Gasteiger partial charge in [-0.3, -0.25) is 0 Å². The molecular formula is C15H10F8OSi. The van der Waals surface area contributed by atoms with Crippen molar-refractivity contribution in [1.82, 2.24) is 0 Å². The summed E-state index contributed by atoms with van der Waals surface area (Å²) in [6.45, 7) is 1.66. The predicted molar refractivity (Wildman–Crippen MR) is 74.5 cm³/mol. The minimum absolute atomic E-state index is 0.208. The number of hydrogen-bond donors (Lipinski definition) is 0. The molecule has 10 heteroatoms. The third kappa shape index (κ3) is 3.54. The van der Waals surface area contributed by atoms with E-state index in [0.717, 1.165) is 13.1 Å². The molecule has 0 radical (unpaired) electrons. The first-order chi connectivity index (χ1) is 11.5. The highest BCUT2D eigenvalue weighted by molar-refractivity contribution is 6.84. The summed E-state index contributed by atoms with van der Waals surface area (Å²) in [5, 5.41) is -1.10. The van der Waals surface area contributed by atoms with Gasteiger partial charge < -0.3 is 4.43 Å². The molecule has 0 aliphatic heterocycles. The molecule has 0 aliphatic carbocycles. The zero-order valence-electron chi connectivity index (χ0n) is 12.8. The van der Waals surface area contributed by atoms with Crippen LogP contribution >= 0.6 is 0 Å². The SMILES string of the molecule is C[Si](C)(OCc1cc(F)c(F)c(F)c1)c1c(F)c(F)c(F)c(F)c1F. The minimum atomic E-state index is -3.72. The molecule has 0 fully saturated rings. The van der Waals surface area contributed by atoms with E-state index in [2.05, 4.69) is 0 Å². The molecule has 25 heavy (non-hydrogen) atoms. The Labute approximate surface area is 138 Å². The molecule has 1 nitrogen and oxygen atoms in total. The molecule has 0 heterocycles. The van der Waals surface area contributed by atoms with Crippen LogP contribution in [-0.2, 0) is 11.0 Å². The molecule has 0 N–H and O–H groups in total. The Morgan fingerprint density at radius 2 is 1.08 bits per heavy atom. The summed E-state index contributed by atoms with van der Waals surface area (Å²) in [6.07, 6.45) is 0. The molecule has 2 aromatic rings. The maximum atomic E-state index is 13.9. The molecule has 2 aromatic carbocycles. The van der Waals surface area contributed by atoms with Crippen LogP contribution in [0.1, 0.15) is 5.56 Å². The topological polar surface area (TPSA) is 9.23 Å². The maximum absolute atomic E-state index is 13.9. The van der Waals surface area contributed by atoms with Crippen molar-refractivity contribution < 1.29 is 39.5 Å². The fourth-order valence-electron chi connectivity index (χ4n) is 2.16. The Morgan fingerprint density at radius 1 is 0.680 bits per heavy atom. The molecule has 0 amide bonds. The van der Waals surface area contributed by atoms with Gasteiger partial charge in [-0.2, -0.15) is 0 Å². The van der Waals surface area contributed by atoms with E-state index >= 15 is 0 Å². The van der Waals surface area contributed by atoms with Gasteiger partial charge in [0.25, 0.3) is 0 Å². The Hall–Kier alpha value is -1.94. The van der Waals surface area contributed by atoms with Crippen molar-refractivity contribution in [2.75, 3.05) is 0 Å². The van der Waals surface area contributed by atoms with E-state index in [9.17, 15) is 35.1 Å². The van der Waals surface area contributed by atoms with Crippen LogP contribution in [0.15, 0.2) is 12.1 Å². The van der Waals surface area contributed by atoms with E-state index in [0.29, 0.717) is 12.1 Å². The molecule has 0 atom stereocenters. The Morgan fingerprint density at radius 3 is 1.52 bits per heavy atom. The lowest BCUT2D eigenvalue weighted by molar-refractivity contribution is 0.297. The van der Waals surface area contributed by atoms with Gasteiger partial charge in [-0.05, 0) is 30.8 Å². The van der Waals surface area contributed by atoms with Gasteiger partial charge >= 0.3 is 0 Å². The maximum Gasteiger partial charge on any atom is 0.225 e. The van der Waals surface area contributed by atoms with Crippen LogP contribution in [-0.4, -0.2) is 8.32 Å². The molecule has 0 aliphatic rings. The Bertz CT molecular complexity index is 785. The summed E-state index contributed by atoms with van der Waals surface area (Å²) in [5.74, 6) is -15.3. The zero-order chi connectivity index (χ0) is 19.1. The quantitative estimate of drug-likeness (QED) is 0.327. The van der Waals surface area contributed by atoms with Crippen LogP contribution in [0.5, 0.6) is 0 Å². The normalized spacial score (nSPS) is 11.9. The lowest BCUT2D eigenvalue weighted by Gasteiger charge is -2.25. The van der Waals surface area contributed by atoms with Gasteiger partial charge in [0.2, 0.25) is 14.1 Å². The third-order valence-corrected chi connectivity index (χ3v) is 5.96. The first kappa shape index (κ1) is 19.4. The van der Waals surface area contributed by atoms with E-state index in [1.807, 2.05) is 0 Å². The second-order valence-corrected chi connectivity index (χ2v) is 9.43. The first-order valence-electron chi connectivity index (χ1n) is 6.76. The highest BCUT2D eigenvalue weighted by atomic mass is 28.4. The summed E-state index contributed by atoms with van der Waals surface area (Å²) < 4.78 is 112. The molecule has 0 saturated heterocycles. The predicted octanol–water partition coefficient (Wildman–Crippen LogP) is 4.43. The smallest absolute Gasteiger partial charge is 0.225 e. The van der Waals surface area contributed by atoms with Gasteiger partial charge in [0, 0.05) is 5.19 Å². The van der Waals surface area contributed by atoms with E-state index in [-0.39, 0.29) is 5.56 Å². The number of rotatable bonds is 4. The van der Waals surface area contributed by atoms with Crippen molar-refractivity contribution in [3.05, 3.63) is 64.2 Å². The number of hydrogen-bond acceptors (Lipinski definition) is 1. The number of halogens is 8. The largest absolute Gasteiger partial charge is 0.408 e. The summed E-state index contributed by atoms with van der Waals surface area (Å²) in [5.41, 5.74) is -0.208. The summed E-state index contributed by atoms with van der Waals surface area (Å²) >= 11 is 0. The van der Waals surface area contributed by atoms with E-state index in [1.54, 1.807) is 0 Å². The standard InChI is InChI=1S/C15H10F8OSi/c1-25(2,15-13(22)11(20)10(19)12(21)14(15)23)24-5-6-3-7(16)9(18)8(17)4-6/h3-4H,5H2,1-2H3. The highest BCUT2D eigenvalue weighted by Crippen LogP contribution is 2.22. The monoisotopic (exact) mass is 386 g/mol. The average molecular weight is 386 g/mol. The van der Waals surface area contributed by atoms with E-state index in [1.165, 1.54) is 0 Å². The molecule has 0 bridgehead atoms. The Kier molecular flexibility index (Phi) is 5.24. The van der Waals surface area contributed by atoms with Crippen LogP contribution < -0.4 is 5.19 Å². The summed E-state index contributed by atoms with van der Waals surface area (Å²) in [6, 6.07) is 1.20. The highest BCUT2D eigenvalue weighted by Gasteiger charge is 2.38. The van der Waals surface area contributed by atoms with Crippen molar-refractivity contribution in [1.29, 1.82) is 0 Å². The van der Waals surface area contributed by atoms with Crippen LogP contribution in [0.2, 0.25) is 13.1 Å². The molecule has 0 saturated carbocycles. The Balaban J connectivity index is 2.38. The fourth-order valence-corrected chi connectivity index (χ4v) is 4.11. The lowest BCUT2D eigenvalue weighted by atomic mass is 10.2. The van der Waals surface area contributed by atoms with E-state index < -0.39 is 66.6 Å². The van der Waals surface area contributed by atoms with Crippen LogP contribution in [0.4, 0.5) is 35.1 Å². The van der Waals surface area contributed by atoms with Crippen LogP contribution in [0.3, 0.4) is 0 Å². The average Bonchev–Trinajstić information content (AvgIpc) is 2.54. The van der Waals surface area contributed by atoms with Gasteiger partial charge in [0.15, 0.2) is 40.7 Å². The van der Waals surface area contributed by atoms with Crippen molar-refractivity contribution in [3.63, 3.8) is 0 Å². The molecule has 2 rings (SSSR count). The van der Waals surface area contributed by atoms with Gasteiger partial charge in [0.1, 0.15) is 0 Å². The van der Waals surface area contributed by atoms with Crippen molar-refractivity contribution in [2.45, 2.75) is 19.7 Å². The summed E-state index contributed by atoms with van der Waals surface area (Å²) in [4.78, 5) is 0. The van der Waals surface area contributed by atoms with Gasteiger partial charge in [-0.25, -0.2) is 35.1 Å². The van der Waals surface area contributed by atoms with Crippen molar-refractivity contribution >= 4 is 13.5 Å². The van der Waals surface area contributed by atoms with Crippen molar-refractivity contribution in [2.24, 2.45) is 0 Å². The zero-order valence-corrected chi connectivity index (χ0v) is 13.8. The molecule has 0 unspecified atom stereocenters. The second kappa shape index (κ2) is 6.75. The lowest BCUT2D eigenvalue weighted by Crippen LogP contribution is -2.49.